The van der Waals surface area contributed by atoms with Crippen LogP contribution >= 0.6 is 23.4 Å². The molecule has 1 amide bonds. The SMILES string of the molecule is COc1ccc(-n2c(S[C@@H](C)C(=O)Nc3cccc(Cl)c3)nnc2-c2ccccc2OC)cc1. The molecule has 0 aliphatic carbocycles. The minimum absolute atomic E-state index is 0.171. The van der Waals surface area contributed by atoms with E-state index in [0.717, 1.165) is 17.0 Å². The molecule has 0 aliphatic heterocycles. The molecular weight excluding hydrogens is 472 g/mol. The van der Waals surface area contributed by atoms with Crippen molar-refractivity contribution in [2.75, 3.05) is 19.5 Å². The third-order valence-corrected chi connectivity index (χ3v) is 6.33. The van der Waals surface area contributed by atoms with Crippen LogP contribution < -0.4 is 14.8 Å². The van der Waals surface area contributed by atoms with Crippen molar-refractivity contribution in [2.24, 2.45) is 0 Å². The molecule has 3 aromatic carbocycles. The van der Waals surface area contributed by atoms with E-state index in [1.54, 1.807) is 38.5 Å². The van der Waals surface area contributed by atoms with Crippen LogP contribution in [-0.2, 0) is 4.79 Å². The molecule has 1 atom stereocenters. The number of hydrogen-bond donors (Lipinski definition) is 1. The molecule has 174 valence electrons. The van der Waals surface area contributed by atoms with Crippen molar-refractivity contribution in [1.29, 1.82) is 0 Å². The number of hydrogen-bond acceptors (Lipinski definition) is 6. The summed E-state index contributed by atoms with van der Waals surface area (Å²) in [5.74, 6) is 1.84. The number of rotatable bonds is 8. The van der Waals surface area contributed by atoms with E-state index in [-0.39, 0.29) is 5.91 Å². The van der Waals surface area contributed by atoms with E-state index in [4.69, 9.17) is 21.1 Å². The summed E-state index contributed by atoms with van der Waals surface area (Å²) in [7, 11) is 3.24. The molecule has 9 heteroatoms. The molecule has 1 aromatic heterocycles. The molecule has 0 saturated heterocycles. The van der Waals surface area contributed by atoms with Crippen molar-refractivity contribution in [3.05, 3.63) is 77.8 Å². The highest BCUT2D eigenvalue weighted by atomic mass is 35.5. The number of amides is 1. The van der Waals surface area contributed by atoms with Gasteiger partial charge in [0.05, 0.1) is 30.7 Å². The fourth-order valence-electron chi connectivity index (χ4n) is 3.34. The Kier molecular flexibility index (Phi) is 7.40. The van der Waals surface area contributed by atoms with Gasteiger partial charge in [0.15, 0.2) is 11.0 Å². The van der Waals surface area contributed by atoms with E-state index in [2.05, 4.69) is 15.5 Å². The molecule has 0 aliphatic rings. The van der Waals surface area contributed by atoms with Gasteiger partial charge < -0.3 is 14.8 Å². The fourth-order valence-corrected chi connectivity index (χ4v) is 4.39. The van der Waals surface area contributed by atoms with E-state index >= 15 is 0 Å². The third kappa shape index (κ3) is 5.18. The minimum atomic E-state index is -0.453. The first kappa shape index (κ1) is 23.7. The van der Waals surface area contributed by atoms with E-state index in [1.165, 1.54) is 11.8 Å². The first-order valence-electron chi connectivity index (χ1n) is 10.5. The zero-order chi connectivity index (χ0) is 24.1. The zero-order valence-corrected chi connectivity index (χ0v) is 20.4. The quantitative estimate of drug-likeness (QED) is 0.315. The second-order valence-corrected chi connectivity index (χ2v) is 9.04. The maximum Gasteiger partial charge on any atom is 0.237 e. The monoisotopic (exact) mass is 494 g/mol. The van der Waals surface area contributed by atoms with Crippen molar-refractivity contribution >= 4 is 35.0 Å². The van der Waals surface area contributed by atoms with Gasteiger partial charge in [0.25, 0.3) is 0 Å². The molecule has 34 heavy (non-hydrogen) atoms. The van der Waals surface area contributed by atoms with Crippen LogP contribution in [0.3, 0.4) is 0 Å². The summed E-state index contributed by atoms with van der Waals surface area (Å²) in [5, 5.41) is 12.4. The predicted octanol–water partition coefficient (Wildman–Crippen LogP) is 5.72. The van der Waals surface area contributed by atoms with E-state index in [0.29, 0.717) is 27.4 Å². The lowest BCUT2D eigenvalue weighted by atomic mass is 10.2. The number of methoxy groups -OCH3 is 2. The smallest absolute Gasteiger partial charge is 0.237 e. The minimum Gasteiger partial charge on any atom is -0.497 e. The van der Waals surface area contributed by atoms with Crippen molar-refractivity contribution in [3.63, 3.8) is 0 Å². The number of aromatic nitrogens is 3. The molecule has 1 N–H and O–H groups in total. The van der Waals surface area contributed by atoms with Gasteiger partial charge in [0.2, 0.25) is 5.91 Å². The molecular formula is C25H23ClN4O3S. The number of para-hydroxylation sites is 1. The highest BCUT2D eigenvalue weighted by Crippen LogP contribution is 2.35. The summed E-state index contributed by atoms with van der Waals surface area (Å²) >= 11 is 7.34. The van der Waals surface area contributed by atoms with Crippen LogP contribution in [0.25, 0.3) is 17.1 Å². The number of thioether (sulfide) groups is 1. The Morgan fingerprint density at radius 1 is 1.00 bits per heavy atom. The van der Waals surface area contributed by atoms with Gasteiger partial charge in [0.1, 0.15) is 11.5 Å². The van der Waals surface area contributed by atoms with Gasteiger partial charge in [-0.1, -0.05) is 41.6 Å². The number of ether oxygens (including phenoxy) is 2. The lowest BCUT2D eigenvalue weighted by Crippen LogP contribution is -2.22. The van der Waals surface area contributed by atoms with Crippen LogP contribution in [0, 0.1) is 0 Å². The number of benzene rings is 3. The molecule has 0 fully saturated rings. The molecule has 1 heterocycles. The number of carbonyl (C=O) groups excluding carboxylic acids is 1. The maximum atomic E-state index is 12.9. The van der Waals surface area contributed by atoms with Crippen molar-refractivity contribution in [2.45, 2.75) is 17.3 Å². The van der Waals surface area contributed by atoms with Crippen LogP contribution in [0.2, 0.25) is 5.02 Å². The molecule has 4 rings (SSSR count). The van der Waals surface area contributed by atoms with Gasteiger partial charge >= 0.3 is 0 Å². The Bertz CT molecular complexity index is 1290. The van der Waals surface area contributed by atoms with Crippen molar-refractivity contribution in [3.8, 4) is 28.6 Å². The number of nitrogens with one attached hydrogen (secondary N) is 1. The van der Waals surface area contributed by atoms with Gasteiger partial charge in [0, 0.05) is 10.7 Å². The Hall–Kier alpha value is -3.49. The highest BCUT2D eigenvalue weighted by Gasteiger charge is 2.23. The van der Waals surface area contributed by atoms with Crippen LogP contribution in [0.1, 0.15) is 6.92 Å². The van der Waals surface area contributed by atoms with Gasteiger partial charge in [-0.3, -0.25) is 9.36 Å². The first-order chi connectivity index (χ1) is 16.5. The Morgan fingerprint density at radius 2 is 1.76 bits per heavy atom. The molecule has 4 aromatic rings. The Labute approximate surface area is 207 Å². The topological polar surface area (TPSA) is 78.3 Å². The second-order valence-electron chi connectivity index (χ2n) is 7.30. The van der Waals surface area contributed by atoms with Gasteiger partial charge in [-0.05, 0) is 61.5 Å². The van der Waals surface area contributed by atoms with E-state index in [9.17, 15) is 4.79 Å². The molecule has 0 spiro atoms. The third-order valence-electron chi connectivity index (χ3n) is 5.06. The summed E-state index contributed by atoms with van der Waals surface area (Å²) in [6, 6.07) is 22.2. The van der Waals surface area contributed by atoms with Crippen LogP contribution in [0.15, 0.2) is 78.0 Å². The summed E-state index contributed by atoms with van der Waals surface area (Å²) in [4.78, 5) is 12.9. The molecule has 7 nitrogen and oxygen atoms in total. The first-order valence-corrected chi connectivity index (χ1v) is 11.7. The summed E-state index contributed by atoms with van der Waals surface area (Å²) in [6.45, 7) is 1.82. The second kappa shape index (κ2) is 10.6. The largest absolute Gasteiger partial charge is 0.497 e. The van der Waals surface area contributed by atoms with E-state index < -0.39 is 5.25 Å². The molecule has 0 unspecified atom stereocenters. The van der Waals surface area contributed by atoms with Gasteiger partial charge in [-0.15, -0.1) is 10.2 Å². The lowest BCUT2D eigenvalue weighted by Gasteiger charge is -2.15. The van der Waals surface area contributed by atoms with Crippen LogP contribution in [0.5, 0.6) is 11.5 Å². The standard InChI is InChI=1S/C25H23ClN4O3S/c1-16(24(31)27-18-8-6-7-17(26)15-18)34-25-29-28-23(21-9-4-5-10-22(21)33-3)30(25)19-11-13-20(32-2)14-12-19/h4-16H,1-3H3,(H,27,31)/t16-/m0/s1. The Balaban J connectivity index is 1.69. The zero-order valence-electron chi connectivity index (χ0n) is 18.9. The molecule has 0 bridgehead atoms. The maximum absolute atomic E-state index is 12.9. The fraction of sp³-hybridized carbons (Fsp3) is 0.160. The van der Waals surface area contributed by atoms with E-state index in [1.807, 2.05) is 60.0 Å². The summed E-state index contributed by atoms with van der Waals surface area (Å²) in [6.07, 6.45) is 0. The van der Waals surface area contributed by atoms with Crippen molar-refractivity contribution < 1.29 is 14.3 Å². The van der Waals surface area contributed by atoms with Crippen molar-refractivity contribution in [1.82, 2.24) is 14.8 Å². The number of nitrogens with zero attached hydrogens (tertiary/aromatic N) is 3. The lowest BCUT2D eigenvalue weighted by molar-refractivity contribution is -0.115. The van der Waals surface area contributed by atoms with Crippen LogP contribution in [-0.4, -0.2) is 40.1 Å². The summed E-state index contributed by atoms with van der Waals surface area (Å²) in [5.41, 5.74) is 2.25. The van der Waals surface area contributed by atoms with Crippen LogP contribution in [0.4, 0.5) is 5.69 Å². The number of halogens is 1. The molecule has 0 radical (unpaired) electrons. The molecule has 0 saturated carbocycles. The Morgan fingerprint density at radius 3 is 2.47 bits per heavy atom. The predicted molar refractivity (Wildman–Crippen MR) is 135 cm³/mol. The normalized spacial score (nSPS) is 11.6. The average molecular weight is 495 g/mol. The average Bonchev–Trinajstić information content (AvgIpc) is 3.27. The number of carbonyl (C=O) groups is 1. The summed E-state index contributed by atoms with van der Waals surface area (Å²) < 4.78 is 12.8. The number of anilines is 1. The van der Waals surface area contributed by atoms with Gasteiger partial charge in [-0.25, -0.2) is 0 Å². The highest BCUT2D eigenvalue weighted by molar-refractivity contribution is 8.00. The van der Waals surface area contributed by atoms with Gasteiger partial charge in [-0.2, -0.15) is 0 Å².